The normalized spacial score (nSPS) is 14.6. The number of hydrogen-bond donors (Lipinski definition) is 1. The smallest absolute Gasteiger partial charge is 0.235 e. The topological polar surface area (TPSA) is 99.5 Å². The van der Waals surface area contributed by atoms with Crippen molar-refractivity contribution in [3.63, 3.8) is 0 Å². The lowest BCUT2D eigenvalue weighted by atomic mass is 9.92. The molecule has 1 N–H and O–H groups in total. The van der Waals surface area contributed by atoms with Crippen molar-refractivity contribution in [2.45, 2.75) is 30.7 Å². The second-order valence-electron chi connectivity index (χ2n) is 8.70. The van der Waals surface area contributed by atoms with E-state index in [1.165, 1.54) is 32.4 Å². The molecule has 3 aromatic rings. The maximum atomic E-state index is 15.4. The molecule has 1 heterocycles. The van der Waals surface area contributed by atoms with Crippen molar-refractivity contribution in [2.75, 3.05) is 26.5 Å². The van der Waals surface area contributed by atoms with Gasteiger partial charge in [-0.1, -0.05) is 29.3 Å². The summed E-state index contributed by atoms with van der Waals surface area (Å²) < 4.78 is 52.8. The first kappa shape index (κ1) is 27.9. The maximum Gasteiger partial charge on any atom is 0.235 e. The minimum Gasteiger partial charge on any atom is -0.493 e. The van der Waals surface area contributed by atoms with Gasteiger partial charge in [0.15, 0.2) is 21.3 Å². The van der Waals surface area contributed by atoms with Crippen LogP contribution < -0.4 is 14.8 Å². The minimum atomic E-state index is -4.00. The number of rotatable bonds is 9. The van der Waals surface area contributed by atoms with Gasteiger partial charge in [0.1, 0.15) is 11.6 Å². The Morgan fingerprint density at radius 2 is 1.87 bits per heavy atom. The van der Waals surface area contributed by atoms with Crippen LogP contribution in [0.2, 0.25) is 10.0 Å². The summed E-state index contributed by atoms with van der Waals surface area (Å²) in [4.78, 5) is 12.4. The molecule has 0 fully saturated rings. The number of hydrogen-bond acceptors (Lipinski definition) is 6. The molecule has 0 bridgehead atoms. The number of allylic oxidation sites excluding steroid dienone is 1. The Bertz CT molecular complexity index is 1500. The molecule has 4 rings (SSSR count). The van der Waals surface area contributed by atoms with Crippen LogP contribution in [-0.4, -0.2) is 50.6 Å². The Kier molecular flexibility index (Phi) is 8.64. The van der Waals surface area contributed by atoms with Gasteiger partial charge in [-0.3, -0.25) is 9.48 Å². The van der Waals surface area contributed by atoms with E-state index in [9.17, 15) is 13.2 Å². The molecule has 8 nitrogen and oxygen atoms in total. The van der Waals surface area contributed by atoms with Crippen LogP contribution in [0.5, 0.6) is 11.5 Å². The van der Waals surface area contributed by atoms with E-state index in [-0.39, 0.29) is 10.6 Å². The SMILES string of the molecule is COc1ccc(S(=O)(=O)CC(=O)NC/C(F)=C2\CCCc3cnn(Cc4ccc(Cl)cc4Cl)c32)cc1OC. The maximum absolute atomic E-state index is 15.4. The fraction of sp³-hybridized carbons (Fsp3) is 0.308. The van der Waals surface area contributed by atoms with E-state index in [4.69, 9.17) is 32.7 Å². The summed E-state index contributed by atoms with van der Waals surface area (Å²) in [7, 11) is -1.19. The van der Waals surface area contributed by atoms with Gasteiger partial charge in [0, 0.05) is 21.7 Å². The van der Waals surface area contributed by atoms with E-state index >= 15 is 4.39 Å². The first-order chi connectivity index (χ1) is 18.1. The van der Waals surface area contributed by atoms with E-state index in [1.807, 2.05) is 0 Å². The standard InChI is InChI=1S/C26H26Cl2FN3O5S/c1-36-23-9-8-19(11-24(23)37-2)38(34,35)15-25(33)30-13-22(29)20-5-3-4-16-12-31-32(26(16)20)14-17-6-7-18(27)10-21(17)28/h6-12H,3-5,13-15H2,1-2H3,(H,30,33)/b22-20-. The molecule has 1 amide bonds. The third-order valence-corrected chi connectivity index (χ3v) is 8.41. The number of aryl methyl sites for hydroxylation is 1. The number of sulfone groups is 1. The summed E-state index contributed by atoms with van der Waals surface area (Å²) >= 11 is 12.3. The van der Waals surface area contributed by atoms with Crippen LogP contribution >= 0.6 is 23.2 Å². The molecule has 1 aromatic heterocycles. The molecular weight excluding hydrogens is 556 g/mol. The minimum absolute atomic E-state index is 0.106. The monoisotopic (exact) mass is 581 g/mol. The van der Waals surface area contributed by atoms with Crippen molar-refractivity contribution in [2.24, 2.45) is 0 Å². The third kappa shape index (κ3) is 6.14. The number of halogens is 3. The molecule has 38 heavy (non-hydrogen) atoms. The number of aromatic nitrogens is 2. The average Bonchev–Trinajstić information content (AvgIpc) is 3.31. The van der Waals surface area contributed by atoms with Crippen molar-refractivity contribution >= 4 is 44.5 Å². The van der Waals surface area contributed by atoms with Crippen molar-refractivity contribution in [1.29, 1.82) is 0 Å². The predicted molar refractivity (Wildman–Crippen MR) is 143 cm³/mol. The van der Waals surface area contributed by atoms with Gasteiger partial charge < -0.3 is 14.8 Å². The number of nitrogens with one attached hydrogen (secondary N) is 1. The summed E-state index contributed by atoms with van der Waals surface area (Å²) in [5.74, 6) is -1.65. The van der Waals surface area contributed by atoms with Gasteiger partial charge in [-0.25, -0.2) is 12.8 Å². The van der Waals surface area contributed by atoms with Crippen molar-refractivity contribution in [3.05, 3.63) is 75.3 Å². The summed E-state index contributed by atoms with van der Waals surface area (Å²) in [5.41, 5.74) is 2.75. The second-order valence-corrected chi connectivity index (χ2v) is 11.5. The molecule has 12 heteroatoms. The first-order valence-electron chi connectivity index (χ1n) is 11.7. The lowest BCUT2D eigenvalue weighted by Crippen LogP contribution is -2.31. The largest absolute Gasteiger partial charge is 0.493 e. The van der Waals surface area contributed by atoms with Crippen LogP contribution in [0.15, 0.2) is 53.3 Å². The Labute approximate surface area is 230 Å². The molecule has 202 valence electrons. The highest BCUT2D eigenvalue weighted by Crippen LogP contribution is 2.34. The van der Waals surface area contributed by atoms with E-state index in [0.29, 0.717) is 40.0 Å². The lowest BCUT2D eigenvalue weighted by molar-refractivity contribution is -0.118. The number of carbonyl (C=O) groups excluding carboxylic acids is 1. The lowest BCUT2D eigenvalue weighted by Gasteiger charge is -2.19. The van der Waals surface area contributed by atoms with Gasteiger partial charge in [-0.15, -0.1) is 0 Å². The Morgan fingerprint density at radius 1 is 1.11 bits per heavy atom. The molecule has 0 spiro atoms. The van der Waals surface area contributed by atoms with E-state index in [1.54, 1.807) is 29.1 Å². The fourth-order valence-corrected chi connectivity index (χ4v) is 5.97. The highest BCUT2D eigenvalue weighted by atomic mass is 35.5. The van der Waals surface area contributed by atoms with Crippen LogP contribution in [0.1, 0.15) is 29.7 Å². The third-order valence-electron chi connectivity index (χ3n) is 6.21. The van der Waals surface area contributed by atoms with Crippen LogP contribution in [0.25, 0.3) is 5.57 Å². The fourth-order valence-electron chi connectivity index (χ4n) is 4.33. The number of fused-ring (bicyclic) bond motifs is 1. The Balaban J connectivity index is 1.49. The second kappa shape index (κ2) is 11.8. The molecular formula is C26H26Cl2FN3O5S. The van der Waals surface area contributed by atoms with E-state index < -0.39 is 33.9 Å². The summed E-state index contributed by atoms with van der Waals surface area (Å²) in [6.45, 7) is -0.125. The Hall–Kier alpha value is -3.08. The van der Waals surface area contributed by atoms with Crippen molar-refractivity contribution < 1.29 is 27.1 Å². The van der Waals surface area contributed by atoms with E-state index in [2.05, 4.69) is 10.4 Å². The summed E-state index contributed by atoms with van der Waals surface area (Å²) in [6, 6.07) is 9.19. The molecule has 1 aliphatic carbocycles. The van der Waals surface area contributed by atoms with Crippen LogP contribution in [0.4, 0.5) is 4.39 Å². The van der Waals surface area contributed by atoms with Gasteiger partial charge in [-0.2, -0.15) is 5.10 Å². The number of benzene rings is 2. The zero-order chi connectivity index (χ0) is 27.4. The highest BCUT2D eigenvalue weighted by molar-refractivity contribution is 7.92. The number of methoxy groups -OCH3 is 2. The molecule has 0 saturated carbocycles. The zero-order valence-corrected chi connectivity index (χ0v) is 23.1. The number of amides is 1. The van der Waals surface area contributed by atoms with Crippen LogP contribution in [-0.2, 0) is 27.6 Å². The quantitative estimate of drug-likeness (QED) is 0.387. The van der Waals surface area contributed by atoms with Gasteiger partial charge >= 0.3 is 0 Å². The van der Waals surface area contributed by atoms with Gasteiger partial charge in [0.05, 0.1) is 44.1 Å². The average molecular weight is 582 g/mol. The van der Waals surface area contributed by atoms with Gasteiger partial charge in [0.25, 0.3) is 0 Å². The highest BCUT2D eigenvalue weighted by Gasteiger charge is 2.25. The molecule has 1 aliphatic rings. The molecule has 0 atom stereocenters. The molecule has 2 aromatic carbocycles. The number of ether oxygens (including phenoxy) is 2. The molecule has 0 unspecified atom stereocenters. The number of nitrogens with zero attached hydrogens (tertiary/aromatic N) is 2. The summed E-state index contributed by atoms with van der Waals surface area (Å²) in [6.07, 6.45) is 3.64. The van der Waals surface area contributed by atoms with E-state index in [0.717, 1.165) is 24.0 Å². The van der Waals surface area contributed by atoms with Crippen LogP contribution in [0, 0.1) is 0 Å². The van der Waals surface area contributed by atoms with Crippen LogP contribution in [0.3, 0.4) is 0 Å². The number of carbonyl (C=O) groups is 1. The first-order valence-corrected chi connectivity index (χ1v) is 14.1. The summed E-state index contributed by atoms with van der Waals surface area (Å²) in [5, 5.41) is 7.81. The van der Waals surface area contributed by atoms with Crippen molar-refractivity contribution in [1.82, 2.24) is 15.1 Å². The predicted octanol–water partition coefficient (Wildman–Crippen LogP) is 4.86. The van der Waals surface area contributed by atoms with Gasteiger partial charge in [-0.05, 0) is 54.7 Å². The zero-order valence-electron chi connectivity index (χ0n) is 20.8. The van der Waals surface area contributed by atoms with Crippen molar-refractivity contribution in [3.8, 4) is 11.5 Å². The Morgan fingerprint density at radius 3 is 2.58 bits per heavy atom. The molecule has 0 saturated heterocycles. The van der Waals surface area contributed by atoms with Gasteiger partial charge in [0.2, 0.25) is 5.91 Å². The molecule has 0 radical (unpaired) electrons. The molecule has 0 aliphatic heterocycles.